The molecule has 0 aliphatic heterocycles. The lowest BCUT2D eigenvalue weighted by atomic mass is 10.1. The Balaban J connectivity index is 1.75. The summed E-state index contributed by atoms with van der Waals surface area (Å²) in [6, 6.07) is 2.89. The van der Waals surface area contributed by atoms with Crippen molar-refractivity contribution in [1.82, 2.24) is 9.88 Å². The number of nitrogens with one attached hydrogen (secondary N) is 1. The van der Waals surface area contributed by atoms with E-state index in [0.29, 0.717) is 6.04 Å². The van der Waals surface area contributed by atoms with Gasteiger partial charge in [-0.05, 0) is 43.9 Å². The zero-order valence-corrected chi connectivity index (χ0v) is 12.0. The molecule has 0 radical (unpaired) electrons. The van der Waals surface area contributed by atoms with Crippen molar-refractivity contribution < 1.29 is 0 Å². The third-order valence-electron chi connectivity index (χ3n) is 4.06. The van der Waals surface area contributed by atoms with Crippen LogP contribution in [0.3, 0.4) is 0 Å². The van der Waals surface area contributed by atoms with Crippen molar-refractivity contribution >= 4 is 0 Å². The number of rotatable bonds is 9. The van der Waals surface area contributed by atoms with Crippen LogP contribution in [0.15, 0.2) is 18.5 Å². The van der Waals surface area contributed by atoms with Gasteiger partial charge in [0.05, 0.1) is 0 Å². The van der Waals surface area contributed by atoms with Crippen LogP contribution in [0.5, 0.6) is 0 Å². The lowest BCUT2D eigenvalue weighted by molar-refractivity contribution is 0.524. The largest absolute Gasteiger partial charge is 0.354 e. The summed E-state index contributed by atoms with van der Waals surface area (Å²) in [5.74, 6) is 0.885. The smallest absolute Gasteiger partial charge is 0.0361 e. The van der Waals surface area contributed by atoms with E-state index in [-0.39, 0.29) is 0 Å². The Morgan fingerprint density at radius 3 is 2.72 bits per heavy atom. The third kappa shape index (κ3) is 3.88. The van der Waals surface area contributed by atoms with E-state index in [1.165, 1.54) is 57.1 Å². The van der Waals surface area contributed by atoms with E-state index in [2.05, 4.69) is 42.3 Å². The van der Waals surface area contributed by atoms with E-state index < -0.39 is 0 Å². The average molecular weight is 248 g/mol. The highest BCUT2D eigenvalue weighted by atomic mass is 15.0. The Bertz CT molecular complexity index is 339. The van der Waals surface area contributed by atoms with Crippen molar-refractivity contribution in [3.05, 3.63) is 24.0 Å². The molecule has 1 heterocycles. The van der Waals surface area contributed by atoms with Crippen LogP contribution in [-0.2, 0) is 6.54 Å². The highest BCUT2D eigenvalue weighted by Crippen LogP contribution is 2.40. The SMILES string of the molecule is CCCCCCCn1ccc(C(NC)C2CC2)c1. The number of nitrogens with zero attached hydrogens (tertiary/aromatic N) is 1. The topological polar surface area (TPSA) is 17.0 Å². The van der Waals surface area contributed by atoms with Crippen molar-refractivity contribution in [3.8, 4) is 0 Å². The Kier molecular flexibility index (Phi) is 5.30. The molecule has 102 valence electrons. The Labute approximate surface area is 112 Å². The molecule has 1 aliphatic rings. The second-order valence-corrected chi connectivity index (χ2v) is 5.70. The van der Waals surface area contributed by atoms with Crippen LogP contribution in [0.2, 0.25) is 0 Å². The van der Waals surface area contributed by atoms with Gasteiger partial charge < -0.3 is 9.88 Å². The van der Waals surface area contributed by atoms with Crippen LogP contribution in [-0.4, -0.2) is 11.6 Å². The lowest BCUT2D eigenvalue weighted by Gasteiger charge is -2.13. The highest BCUT2D eigenvalue weighted by molar-refractivity contribution is 5.18. The van der Waals surface area contributed by atoms with Crippen molar-refractivity contribution in [2.45, 2.75) is 64.5 Å². The fraction of sp³-hybridized carbons (Fsp3) is 0.750. The van der Waals surface area contributed by atoms with Gasteiger partial charge in [0.1, 0.15) is 0 Å². The molecule has 1 aliphatic carbocycles. The molecule has 1 saturated carbocycles. The predicted molar refractivity (Wildman–Crippen MR) is 77.7 cm³/mol. The minimum atomic E-state index is 0.589. The van der Waals surface area contributed by atoms with Crippen LogP contribution >= 0.6 is 0 Å². The predicted octanol–water partition coefficient (Wildman–Crippen LogP) is 4.13. The van der Waals surface area contributed by atoms with E-state index in [4.69, 9.17) is 0 Å². The number of unbranched alkanes of at least 4 members (excludes halogenated alkanes) is 4. The molecule has 0 bridgehead atoms. The molecule has 0 aromatic carbocycles. The first-order valence-electron chi connectivity index (χ1n) is 7.68. The van der Waals surface area contributed by atoms with Crippen molar-refractivity contribution in [2.75, 3.05) is 7.05 Å². The van der Waals surface area contributed by atoms with Gasteiger partial charge in [-0.1, -0.05) is 32.6 Å². The normalized spacial score (nSPS) is 17.0. The summed E-state index contributed by atoms with van der Waals surface area (Å²) in [4.78, 5) is 0. The zero-order valence-electron chi connectivity index (χ0n) is 12.0. The fourth-order valence-corrected chi connectivity index (χ4v) is 2.78. The molecule has 1 aromatic heterocycles. The van der Waals surface area contributed by atoms with Crippen LogP contribution in [0, 0.1) is 5.92 Å². The standard InChI is InChI=1S/C16H28N2/c1-3-4-5-6-7-11-18-12-10-15(13-18)16(17-2)14-8-9-14/h10,12-14,16-17H,3-9,11H2,1-2H3. The second-order valence-electron chi connectivity index (χ2n) is 5.70. The maximum atomic E-state index is 3.46. The molecule has 1 fully saturated rings. The summed E-state index contributed by atoms with van der Waals surface area (Å²) in [7, 11) is 2.09. The van der Waals surface area contributed by atoms with E-state index >= 15 is 0 Å². The van der Waals surface area contributed by atoms with Gasteiger partial charge in [0, 0.05) is 25.0 Å². The summed E-state index contributed by atoms with van der Waals surface area (Å²) in [6.45, 7) is 3.46. The van der Waals surface area contributed by atoms with Gasteiger partial charge >= 0.3 is 0 Å². The number of hydrogen-bond donors (Lipinski definition) is 1. The number of aryl methyl sites for hydroxylation is 1. The highest BCUT2D eigenvalue weighted by Gasteiger charge is 2.31. The monoisotopic (exact) mass is 248 g/mol. The van der Waals surface area contributed by atoms with E-state index in [1.807, 2.05) is 0 Å². The summed E-state index contributed by atoms with van der Waals surface area (Å²) >= 11 is 0. The van der Waals surface area contributed by atoms with Gasteiger partial charge in [-0.2, -0.15) is 0 Å². The minimum absolute atomic E-state index is 0.589. The molecule has 2 rings (SSSR count). The van der Waals surface area contributed by atoms with Crippen LogP contribution in [0.4, 0.5) is 0 Å². The quantitative estimate of drug-likeness (QED) is 0.650. The maximum Gasteiger partial charge on any atom is 0.0361 e. The molecule has 2 nitrogen and oxygen atoms in total. The maximum absolute atomic E-state index is 3.46. The zero-order chi connectivity index (χ0) is 12.8. The molecule has 18 heavy (non-hydrogen) atoms. The van der Waals surface area contributed by atoms with E-state index in [0.717, 1.165) is 5.92 Å². The Morgan fingerprint density at radius 2 is 2.06 bits per heavy atom. The van der Waals surface area contributed by atoms with Gasteiger partial charge in [-0.3, -0.25) is 0 Å². The molecule has 1 unspecified atom stereocenters. The third-order valence-corrected chi connectivity index (χ3v) is 4.06. The Morgan fingerprint density at radius 1 is 1.28 bits per heavy atom. The molecule has 1 atom stereocenters. The van der Waals surface area contributed by atoms with Gasteiger partial charge in [-0.25, -0.2) is 0 Å². The molecule has 0 amide bonds. The van der Waals surface area contributed by atoms with Crippen LogP contribution < -0.4 is 5.32 Å². The molecular formula is C16H28N2. The fourth-order valence-electron chi connectivity index (χ4n) is 2.78. The van der Waals surface area contributed by atoms with Gasteiger partial charge in [0.25, 0.3) is 0 Å². The number of hydrogen-bond acceptors (Lipinski definition) is 1. The van der Waals surface area contributed by atoms with Gasteiger partial charge in [0.2, 0.25) is 0 Å². The Hall–Kier alpha value is -0.760. The second kappa shape index (κ2) is 6.98. The minimum Gasteiger partial charge on any atom is -0.354 e. The number of aromatic nitrogens is 1. The molecular weight excluding hydrogens is 220 g/mol. The molecule has 2 heteroatoms. The van der Waals surface area contributed by atoms with Crippen LogP contribution in [0.25, 0.3) is 0 Å². The van der Waals surface area contributed by atoms with Crippen molar-refractivity contribution in [2.24, 2.45) is 5.92 Å². The van der Waals surface area contributed by atoms with E-state index in [1.54, 1.807) is 0 Å². The van der Waals surface area contributed by atoms with Gasteiger partial charge in [0.15, 0.2) is 0 Å². The molecule has 1 aromatic rings. The summed E-state index contributed by atoms with van der Waals surface area (Å²) in [5, 5.41) is 3.46. The summed E-state index contributed by atoms with van der Waals surface area (Å²) in [6.07, 6.45) is 14.2. The first-order valence-corrected chi connectivity index (χ1v) is 7.68. The van der Waals surface area contributed by atoms with Crippen molar-refractivity contribution in [3.63, 3.8) is 0 Å². The lowest BCUT2D eigenvalue weighted by Crippen LogP contribution is -2.17. The molecule has 1 N–H and O–H groups in total. The van der Waals surface area contributed by atoms with Crippen LogP contribution in [0.1, 0.15) is 63.5 Å². The average Bonchev–Trinajstić information content (AvgIpc) is 3.10. The first-order chi connectivity index (χ1) is 8.85. The summed E-state index contributed by atoms with van der Waals surface area (Å²) < 4.78 is 2.37. The molecule has 0 spiro atoms. The summed E-state index contributed by atoms with van der Waals surface area (Å²) in [5.41, 5.74) is 1.48. The van der Waals surface area contributed by atoms with E-state index in [9.17, 15) is 0 Å². The molecule has 0 saturated heterocycles. The first kappa shape index (κ1) is 13.7. The van der Waals surface area contributed by atoms with Crippen molar-refractivity contribution in [1.29, 1.82) is 0 Å². The van der Waals surface area contributed by atoms with Gasteiger partial charge in [-0.15, -0.1) is 0 Å².